The largest absolute Gasteiger partial charge is 0.444 e. The minimum absolute atomic E-state index is 0.282. The predicted molar refractivity (Wildman–Crippen MR) is 147 cm³/mol. The number of nitrogens with one attached hydrogen (secondary N) is 2. The fourth-order valence-corrected chi connectivity index (χ4v) is 4.79. The van der Waals surface area contributed by atoms with E-state index in [4.69, 9.17) is 9.47 Å². The van der Waals surface area contributed by atoms with Crippen LogP contribution in [0.15, 0.2) is 66.9 Å². The van der Waals surface area contributed by atoms with Crippen LogP contribution in [0, 0.1) is 0 Å². The average Bonchev–Trinajstić information content (AvgIpc) is 3.48. The molecule has 1 aliphatic rings. The lowest BCUT2D eigenvalue weighted by molar-refractivity contribution is -0.0714. The van der Waals surface area contributed by atoms with Crippen molar-refractivity contribution in [3.05, 3.63) is 72.6 Å². The van der Waals surface area contributed by atoms with Gasteiger partial charge < -0.3 is 19.7 Å². The molecule has 2 aromatic heterocycles. The van der Waals surface area contributed by atoms with Crippen LogP contribution in [0.4, 0.5) is 0 Å². The molecule has 0 spiro atoms. The van der Waals surface area contributed by atoms with Crippen LogP contribution in [-0.2, 0) is 5.79 Å². The number of imidazole rings is 1. The van der Waals surface area contributed by atoms with Crippen LogP contribution in [0.2, 0.25) is 5.82 Å². The molecule has 3 heterocycles. The third kappa shape index (κ3) is 5.44. The van der Waals surface area contributed by atoms with Crippen molar-refractivity contribution in [1.29, 1.82) is 0 Å². The minimum Gasteiger partial charge on any atom is -0.444 e. The minimum atomic E-state index is -0.928. The van der Waals surface area contributed by atoms with Gasteiger partial charge in [-0.05, 0) is 48.3 Å². The van der Waals surface area contributed by atoms with Gasteiger partial charge in [0.15, 0.2) is 18.8 Å². The summed E-state index contributed by atoms with van der Waals surface area (Å²) < 4.78 is 12.7. The van der Waals surface area contributed by atoms with E-state index >= 15 is 0 Å². The summed E-state index contributed by atoms with van der Waals surface area (Å²) in [5, 5.41) is 3.54. The molecule has 0 amide bonds. The predicted octanol–water partition coefficient (Wildman–Crippen LogP) is 4.22. The van der Waals surface area contributed by atoms with Crippen molar-refractivity contribution < 1.29 is 9.47 Å². The number of pyridine rings is 1. The number of ether oxygens (including phenoxy) is 2. The van der Waals surface area contributed by atoms with Gasteiger partial charge in [-0.3, -0.25) is 4.98 Å². The van der Waals surface area contributed by atoms with E-state index in [1.807, 2.05) is 68.9 Å². The first kappa shape index (κ1) is 24.4. The first-order chi connectivity index (χ1) is 17.5. The van der Waals surface area contributed by atoms with Crippen LogP contribution in [0.3, 0.4) is 0 Å². The van der Waals surface area contributed by atoms with E-state index in [9.17, 15) is 0 Å². The van der Waals surface area contributed by atoms with Gasteiger partial charge >= 0.3 is 0 Å². The maximum atomic E-state index is 6.41. The Balaban J connectivity index is 1.25. The second-order valence-corrected chi connectivity index (χ2v) is 9.70. The Morgan fingerprint density at radius 1 is 1.06 bits per heavy atom. The third-order valence-corrected chi connectivity index (χ3v) is 6.65. The van der Waals surface area contributed by atoms with E-state index < -0.39 is 5.79 Å². The third-order valence-electron chi connectivity index (χ3n) is 6.65. The number of aromatic amines is 1. The van der Waals surface area contributed by atoms with Crippen LogP contribution < -0.4 is 25.9 Å². The molecule has 0 saturated carbocycles. The fourth-order valence-electron chi connectivity index (χ4n) is 4.79. The van der Waals surface area contributed by atoms with Gasteiger partial charge in [0.25, 0.3) is 13.2 Å². The van der Waals surface area contributed by atoms with Gasteiger partial charge in [0.05, 0.1) is 16.8 Å². The van der Waals surface area contributed by atoms with Crippen LogP contribution in [0.25, 0.3) is 11.0 Å². The summed E-state index contributed by atoms with van der Waals surface area (Å²) in [5.74, 6) is 1.02. The van der Waals surface area contributed by atoms with E-state index in [0.29, 0.717) is 5.82 Å². The average molecular weight is 478 g/mol. The normalized spacial score (nSPS) is 18.2. The van der Waals surface area contributed by atoms with Crippen molar-refractivity contribution in [2.75, 3.05) is 0 Å². The Kier molecular flexibility index (Phi) is 7.33. The fraction of sp³-hybridized carbons (Fsp3) is 0.357. The highest BCUT2D eigenvalue weighted by Gasteiger charge is 2.41. The molecular weight excluding hydrogens is 446 g/mol. The molecular formula is C28H32B2N4O2. The summed E-state index contributed by atoms with van der Waals surface area (Å²) in [4.78, 5) is 12.5. The maximum absolute atomic E-state index is 6.41. The van der Waals surface area contributed by atoms with E-state index in [0.717, 1.165) is 52.3 Å². The number of H-pyrrole nitrogens is 1. The van der Waals surface area contributed by atoms with E-state index in [-0.39, 0.29) is 6.04 Å². The summed E-state index contributed by atoms with van der Waals surface area (Å²) in [7, 11) is 4.33. The maximum Gasteiger partial charge on any atom is 0.294 e. The topological polar surface area (TPSA) is 72.1 Å². The molecule has 36 heavy (non-hydrogen) atoms. The standard InChI is InChI=1S/C28H32B2N4O2/c1-4-5-11-20(18-19(2)34-30-27-32-22-13-6-7-14-23(22)33-27)29-21-12-10-15-24-26(21)36-28(3,35-24)25-16-8-9-17-31-25/h6-10,12-17,19-20,34H,4-5,11,18H2,1-3H3,(H,32,33). The number of nitrogens with zero attached hydrogens (tertiary/aromatic N) is 2. The van der Waals surface area contributed by atoms with Gasteiger partial charge in [0, 0.05) is 13.1 Å². The molecule has 3 unspecified atom stereocenters. The highest BCUT2D eigenvalue weighted by Crippen LogP contribution is 2.42. The molecule has 0 bridgehead atoms. The number of hydrogen-bond acceptors (Lipinski definition) is 5. The van der Waals surface area contributed by atoms with Crippen LogP contribution in [-0.4, -0.2) is 35.7 Å². The van der Waals surface area contributed by atoms with Crippen molar-refractivity contribution in [3.8, 4) is 11.5 Å². The number of rotatable bonds is 11. The van der Waals surface area contributed by atoms with Gasteiger partial charge in [-0.2, -0.15) is 0 Å². The molecule has 2 N–H and O–H groups in total. The monoisotopic (exact) mass is 478 g/mol. The molecule has 6 nitrogen and oxygen atoms in total. The zero-order chi connectivity index (χ0) is 25.0. The molecule has 182 valence electrons. The van der Waals surface area contributed by atoms with Gasteiger partial charge in [-0.15, -0.1) is 0 Å². The Morgan fingerprint density at radius 3 is 2.72 bits per heavy atom. The molecule has 2 radical (unpaired) electrons. The zero-order valence-corrected chi connectivity index (χ0v) is 21.2. The second kappa shape index (κ2) is 10.8. The summed E-state index contributed by atoms with van der Waals surface area (Å²) >= 11 is 0. The first-order valence-corrected chi connectivity index (χ1v) is 12.9. The smallest absolute Gasteiger partial charge is 0.294 e. The number of hydrogen-bond donors (Lipinski definition) is 2. The van der Waals surface area contributed by atoms with Gasteiger partial charge in [0.1, 0.15) is 5.69 Å². The number of para-hydroxylation sites is 3. The molecule has 1 aliphatic heterocycles. The molecule has 3 atom stereocenters. The Morgan fingerprint density at radius 2 is 1.92 bits per heavy atom. The van der Waals surface area contributed by atoms with Crippen LogP contribution >= 0.6 is 0 Å². The van der Waals surface area contributed by atoms with Crippen molar-refractivity contribution in [2.45, 2.75) is 64.1 Å². The molecule has 2 aromatic carbocycles. The van der Waals surface area contributed by atoms with E-state index in [2.05, 4.69) is 47.4 Å². The van der Waals surface area contributed by atoms with Crippen molar-refractivity contribution in [1.82, 2.24) is 20.2 Å². The Labute approximate surface area is 214 Å². The molecule has 4 aromatic rings. The van der Waals surface area contributed by atoms with Crippen LogP contribution in [0.1, 0.15) is 52.1 Å². The Hall–Kier alpha value is -3.25. The lowest BCUT2D eigenvalue weighted by atomic mass is 9.55. The number of aromatic nitrogens is 3. The number of unbranched alkanes of at least 4 members (excludes halogenated alkanes) is 1. The highest BCUT2D eigenvalue weighted by molar-refractivity contribution is 6.56. The second-order valence-electron chi connectivity index (χ2n) is 9.70. The summed E-state index contributed by atoms with van der Waals surface area (Å²) in [5.41, 5.74) is 4.70. The summed E-state index contributed by atoms with van der Waals surface area (Å²) in [6, 6.07) is 20.3. The van der Waals surface area contributed by atoms with E-state index in [1.165, 1.54) is 12.8 Å². The van der Waals surface area contributed by atoms with Gasteiger partial charge in [-0.1, -0.05) is 69.3 Å². The lowest BCUT2D eigenvalue weighted by Crippen LogP contribution is -2.40. The highest BCUT2D eigenvalue weighted by atomic mass is 16.7. The van der Waals surface area contributed by atoms with Crippen LogP contribution in [0.5, 0.6) is 11.5 Å². The summed E-state index contributed by atoms with van der Waals surface area (Å²) in [6.07, 6.45) is 6.23. The molecule has 0 aliphatic carbocycles. The number of fused-ring (bicyclic) bond motifs is 2. The molecule has 0 saturated heterocycles. The quantitative estimate of drug-likeness (QED) is 0.316. The SMILES string of the molecule is CCCCC([B]c1cccc2c1OC(C)(c1ccccn1)O2)CC(C)N[B]c1nc2ccccc2[nH]1. The first-order valence-electron chi connectivity index (χ1n) is 12.9. The lowest BCUT2D eigenvalue weighted by Gasteiger charge is -2.23. The van der Waals surface area contributed by atoms with E-state index in [1.54, 1.807) is 6.20 Å². The van der Waals surface area contributed by atoms with Crippen molar-refractivity contribution >= 4 is 36.9 Å². The van der Waals surface area contributed by atoms with Crippen molar-refractivity contribution in [2.24, 2.45) is 0 Å². The zero-order valence-electron chi connectivity index (χ0n) is 21.2. The van der Waals surface area contributed by atoms with Gasteiger partial charge in [-0.25, -0.2) is 4.98 Å². The molecule has 8 heteroatoms. The number of benzene rings is 2. The molecule has 0 fully saturated rings. The Bertz CT molecular complexity index is 1270. The van der Waals surface area contributed by atoms with Crippen molar-refractivity contribution in [3.63, 3.8) is 0 Å². The summed E-state index contributed by atoms with van der Waals surface area (Å²) in [6.45, 7) is 6.39. The molecule has 5 rings (SSSR count). The van der Waals surface area contributed by atoms with Gasteiger partial charge in [0.2, 0.25) is 0 Å².